The fourth-order valence-electron chi connectivity index (χ4n) is 8.74. The summed E-state index contributed by atoms with van der Waals surface area (Å²) in [5, 5.41) is 13.1. The number of rotatable bonds is 13. The van der Waals surface area contributed by atoms with E-state index in [-0.39, 0.29) is 25.5 Å². The summed E-state index contributed by atoms with van der Waals surface area (Å²) in [6.07, 6.45) is -0.395. The average molecular weight is 807 g/mol. The summed E-state index contributed by atoms with van der Waals surface area (Å²) in [6.45, 7) is 18.0. The molecule has 4 atom stereocenters. The standard InChI is InChI=1S/C47H58N2O8Si/c1-31-26-37-44(51)48(38(28-50)41(31)49(37)45(52)57-46(3,4)5)39(30-56-58(47(6,7)8,34-22-16-12-17-23-34)35-24-18-13-19-25-35)36-27-40(53-9)32(2)42(54-10)43(36)55-29-33-20-14-11-15-21-33/h11-25,27,37-39,41,50H,1,26,28-30H2,2-10H3/t37-,38-,39-,41+/m0/s1. The van der Waals surface area contributed by atoms with Crippen LogP contribution in [0.2, 0.25) is 5.04 Å². The molecule has 0 spiro atoms. The molecule has 2 aliphatic heterocycles. The number of ether oxygens (including phenoxy) is 4. The van der Waals surface area contributed by atoms with E-state index in [1.54, 1.807) is 39.9 Å². The van der Waals surface area contributed by atoms with Gasteiger partial charge in [0.25, 0.3) is 8.32 Å². The zero-order chi connectivity index (χ0) is 42.0. The number of aliphatic hydroxyl groups excluding tert-OH is 1. The second-order valence-electron chi connectivity index (χ2n) is 17.1. The van der Waals surface area contributed by atoms with Gasteiger partial charge in [-0.25, -0.2) is 4.79 Å². The summed E-state index contributed by atoms with van der Waals surface area (Å²) in [5.74, 6) is 1.05. The Morgan fingerprint density at radius 2 is 1.45 bits per heavy atom. The van der Waals surface area contributed by atoms with Crippen LogP contribution < -0.4 is 24.6 Å². The van der Waals surface area contributed by atoms with E-state index < -0.39 is 55.8 Å². The monoisotopic (exact) mass is 806 g/mol. The number of likely N-dealkylation sites (tertiary alicyclic amines) is 1. The molecule has 2 saturated heterocycles. The maximum atomic E-state index is 15.3. The zero-order valence-electron chi connectivity index (χ0n) is 35.3. The Labute approximate surface area is 344 Å². The maximum Gasteiger partial charge on any atom is 0.411 e. The molecule has 0 aliphatic carbocycles. The van der Waals surface area contributed by atoms with Crippen LogP contribution in [-0.4, -0.2) is 86.4 Å². The van der Waals surface area contributed by atoms with Gasteiger partial charge in [0, 0.05) is 11.1 Å². The summed E-state index contributed by atoms with van der Waals surface area (Å²) >= 11 is 0. The van der Waals surface area contributed by atoms with E-state index in [0.717, 1.165) is 21.5 Å². The van der Waals surface area contributed by atoms with Crippen molar-refractivity contribution in [2.24, 2.45) is 0 Å². The number of aliphatic hydroxyl groups is 1. The van der Waals surface area contributed by atoms with Crippen molar-refractivity contribution in [3.8, 4) is 17.2 Å². The van der Waals surface area contributed by atoms with Crippen molar-refractivity contribution < 1.29 is 38.1 Å². The van der Waals surface area contributed by atoms with Crippen LogP contribution in [0.3, 0.4) is 0 Å². The number of carbonyl (C=O) groups excluding carboxylic acids is 2. The van der Waals surface area contributed by atoms with Gasteiger partial charge in [-0.2, -0.15) is 0 Å². The number of hydrogen-bond acceptors (Lipinski definition) is 8. The number of piperazine rings is 1. The highest BCUT2D eigenvalue weighted by Crippen LogP contribution is 2.49. The van der Waals surface area contributed by atoms with Crippen LogP contribution in [0.4, 0.5) is 4.79 Å². The highest BCUT2D eigenvalue weighted by Gasteiger charge is 2.58. The molecule has 2 aliphatic rings. The Kier molecular flexibility index (Phi) is 12.5. The molecule has 2 heterocycles. The second kappa shape index (κ2) is 17.0. The highest BCUT2D eigenvalue weighted by atomic mass is 28.4. The third-order valence-corrected chi connectivity index (χ3v) is 16.3. The number of fused-ring (bicyclic) bond motifs is 2. The Bertz CT molecular complexity index is 2040. The Balaban J connectivity index is 1.59. The van der Waals surface area contributed by atoms with Gasteiger partial charge >= 0.3 is 6.09 Å². The highest BCUT2D eigenvalue weighted by molar-refractivity contribution is 6.99. The number of nitrogens with zero attached hydrogens (tertiary/aromatic N) is 2. The van der Waals surface area contributed by atoms with Crippen LogP contribution in [0.25, 0.3) is 0 Å². The number of methoxy groups -OCH3 is 2. The minimum Gasteiger partial charge on any atom is -0.496 e. The van der Waals surface area contributed by atoms with E-state index in [9.17, 15) is 9.90 Å². The topological polar surface area (TPSA) is 107 Å². The van der Waals surface area contributed by atoms with Crippen molar-refractivity contribution in [3.63, 3.8) is 0 Å². The Morgan fingerprint density at radius 1 is 0.879 bits per heavy atom. The fourth-order valence-corrected chi connectivity index (χ4v) is 13.3. The summed E-state index contributed by atoms with van der Waals surface area (Å²) in [7, 11) is -0.0256. The van der Waals surface area contributed by atoms with E-state index in [0.29, 0.717) is 28.4 Å². The molecule has 2 bridgehead atoms. The van der Waals surface area contributed by atoms with Crippen molar-refractivity contribution in [2.45, 2.75) is 96.3 Å². The predicted octanol–water partition coefficient (Wildman–Crippen LogP) is 7.35. The van der Waals surface area contributed by atoms with Gasteiger partial charge in [0.1, 0.15) is 24.0 Å². The van der Waals surface area contributed by atoms with Crippen LogP contribution in [0.15, 0.2) is 109 Å². The molecule has 0 aromatic heterocycles. The smallest absolute Gasteiger partial charge is 0.411 e. The fraction of sp³-hybridized carbons (Fsp3) is 0.404. The summed E-state index contributed by atoms with van der Waals surface area (Å²) in [4.78, 5) is 32.3. The van der Waals surface area contributed by atoms with E-state index in [2.05, 4.69) is 51.6 Å². The third kappa shape index (κ3) is 7.99. The number of carbonyl (C=O) groups is 2. The molecule has 4 aromatic rings. The SMILES string of the molecule is C=C1C[C@H]2C(=O)N([C@@H](CO[Si](c3ccccc3)(c3ccccc3)C(C)(C)C)c3cc(OC)c(C)c(OC)c3OCc3ccccc3)[C@@H](CO)[C@@H]1N2C(=O)OC(C)(C)C. The number of hydrogen-bond donors (Lipinski definition) is 1. The van der Waals surface area contributed by atoms with Gasteiger partial charge in [-0.3, -0.25) is 9.69 Å². The van der Waals surface area contributed by atoms with Crippen LogP contribution in [0.1, 0.15) is 70.7 Å². The first-order valence-corrected chi connectivity index (χ1v) is 21.8. The van der Waals surface area contributed by atoms with Gasteiger partial charge in [-0.05, 0) is 61.2 Å². The molecule has 58 heavy (non-hydrogen) atoms. The molecule has 2 amide bonds. The Hall–Kier alpha value is -5.10. The maximum absolute atomic E-state index is 15.3. The normalized spacial score (nSPS) is 18.9. The van der Waals surface area contributed by atoms with Crippen molar-refractivity contribution in [1.82, 2.24) is 9.80 Å². The summed E-state index contributed by atoms with van der Waals surface area (Å²) in [6, 6.07) is 28.9. The molecule has 6 rings (SSSR count). The molecule has 10 nitrogen and oxygen atoms in total. The van der Waals surface area contributed by atoms with Gasteiger partial charge in [0.2, 0.25) is 5.91 Å². The Morgan fingerprint density at radius 3 is 1.95 bits per heavy atom. The summed E-state index contributed by atoms with van der Waals surface area (Å²) in [5.41, 5.74) is 2.09. The van der Waals surface area contributed by atoms with Gasteiger partial charge in [0.05, 0.1) is 45.6 Å². The average Bonchev–Trinajstić information content (AvgIpc) is 3.49. The first-order chi connectivity index (χ1) is 27.6. The van der Waals surface area contributed by atoms with Crippen LogP contribution in [-0.2, 0) is 20.6 Å². The lowest BCUT2D eigenvalue weighted by atomic mass is 9.94. The van der Waals surface area contributed by atoms with Crippen molar-refractivity contribution in [1.29, 1.82) is 0 Å². The van der Waals surface area contributed by atoms with Gasteiger partial charge in [-0.1, -0.05) is 124 Å². The lowest BCUT2D eigenvalue weighted by Crippen LogP contribution is -2.69. The molecular weight excluding hydrogens is 749 g/mol. The molecule has 0 unspecified atom stereocenters. The first kappa shape index (κ1) is 42.5. The minimum absolute atomic E-state index is 0.00490. The molecule has 1 N–H and O–H groups in total. The van der Waals surface area contributed by atoms with Gasteiger partial charge in [0.15, 0.2) is 11.5 Å². The van der Waals surface area contributed by atoms with E-state index in [1.165, 1.54) is 4.90 Å². The van der Waals surface area contributed by atoms with Crippen molar-refractivity contribution in [3.05, 3.63) is 126 Å². The summed E-state index contributed by atoms with van der Waals surface area (Å²) < 4.78 is 32.3. The van der Waals surface area contributed by atoms with Crippen molar-refractivity contribution in [2.75, 3.05) is 27.4 Å². The van der Waals surface area contributed by atoms with Crippen LogP contribution in [0.5, 0.6) is 17.2 Å². The third-order valence-electron chi connectivity index (χ3n) is 11.2. The minimum atomic E-state index is -3.20. The lowest BCUT2D eigenvalue weighted by molar-refractivity contribution is -0.152. The van der Waals surface area contributed by atoms with Crippen molar-refractivity contribution >= 4 is 30.7 Å². The molecule has 4 aromatic carbocycles. The molecule has 0 saturated carbocycles. The van der Waals surface area contributed by atoms with Crippen LogP contribution >= 0.6 is 0 Å². The van der Waals surface area contributed by atoms with Crippen LogP contribution in [0, 0.1) is 6.92 Å². The zero-order valence-corrected chi connectivity index (χ0v) is 36.3. The first-order valence-electron chi connectivity index (χ1n) is 19.9. The van der Waals surface area contributed by atoms with E-state index >= 15 is 4.79 Å². The molecule has 308 valence electrons. The molecule has 11 heteroatoms. The molecule has 0 radical (unpaired) electrons. The predicted molar refractivity (Wildman–Crippen MR) is 228 cm³/mol. The largest absolute Gasteiger partial charge is 0.496 e. The quantitative estimate of drug-likeness (QED) is 0.111. The van der Waals surface area contributed by atoms with Gasteiger partial charge in [-0.15, -0.1) is 0 Å². The number of amides is 2. The molecule has 2 fully saturated rings. The van der Waals surface area contributed by atoms with Gasteiger partial charge < -0.3 is 33.4 Å². The second-order valence-corrected chi connectivity index (χ2v) is 21.4. The lowest BCUT2D eigenvalue weighted by Gasteiger charge is -2.50. The van der Waals surface area contributed by atoms with E-state index in [1.807, 2.05) is 79.7 Å². The molecular formula is C47H58N2O8Si. The van der Waals surface area contributed by atoms with E-state index in [4.69, 9.17) is 23.4 Å². The number of benzene rings is 4.